The Bertz CT molecular complexity index is 6270. The lowest BCUT2D eigenvalue weighted by Crippen LogP contribution is -2.49. The van der Waals surface area contributed by atoms with E-state index >= 15 is 0 Å². The van der Waals surface area contributed by atoms with Crippen molar-refractivity contribution in [2.24, 2.45) is 0 Å². The average molecular weight is 1230 g/mol. The van der Waals surface area contributed by atoms with Gasteiger partial charge in [0.1, 0.15) is 204 Å². The number of nitrogens with zero attached hydrogens (tertiary/aromatic N) is 7. The van der Waals surface area contributed by atoms with Crippen molar-refractivity contribution in [3.63, 3.8) is 0 Å². The maximum absolute atomic E-state index is 13.6. The van der Waals surface area contributed by atoms with E-state index in [0.717, 1.165) is 143 Å². The largest absolute Gasteiger partial charge is 0.309 e. The summed E-state index contributed by atoms with van der Waals surface area (Å²) in [5.41, 5.74) is 42.7. The number of nitriles is 2. The summed E-state index contributed by atoms with van der Waals surface area (Å²) in [6, 6.07) is 41.9. The fraction of sp³-hybridized carbons (Fsp3) is 0. The first-order valence-corrected chi connectivity index (χ1v) is 34.9. The van der Waals surface area contributed by atoms with Crippen LogP contribution in [0, 0.1) is 22.7 Å². The summed E-state index contributed by atoms with van der Waals surface area (Å²) in [6.07, 6.45) is 0. The minimum absolute atomic E-state index is 0.417. The summed E-state index contributed by atoms with van der Waals surface area (Å²) < 4.78 is 12.5. The lowest BCUT2D eigenvalue weighted by molar-refractivity contribution is 1.02. The average Bonchev–Trinajstić information content (AvgIpc) is 1.46. The second-order valence-corrected chi connectivity index (χ2v) is 29.2. The second-order valence-electron chi connectivity index (χ2n) is 29.2. The molecular formula is C68H62B23N7. The normalized spacial score (nSPS) is 12.0. The van der Waals surface area contributed by atoms with Crippen molar-refractivity contribution < 1.29 is 0 Å². The summed E-state index contributed by atoms with van der Waals surface area (Å²) in [5, 5.41) is 38.7. The summed E-state index contributed by atoms with van der Waals surface area (Å²) in [7, 11) is 52.5. The van der Waals surface area contributed by atoms with E-state index in [1.807, 2.05) is 0 Å². The predicted octanol–water partition coefficient (Wildman–Crippen LogP) is -23.1. The van der Waals surface area contributed by atoms with Crippen LogP contribution >= 0.6 is 0 Å². The zero-order valence-electron chi connectivity index (χ0n) is 61.4. The molecule has 30 heteroatoms. The molecule has 0 aliphatic rings. The van der Waals surface area contributed by atoms with Crippen LogP contribution in [0.15, 0.2) is 97.1 Å². The van der Waals surface area contributed by atoms with Gasteiger partial charge in [-0.3, -0.25) is 0 Å². The minimum atomic E-state index is 0.417. The Hall–Kier alpha value is -9.11. The van der Waals surface area contributed by atoms with E-state index in [1.54, 1.807) is 0 Å². The SMILES string of the molecule is Bc1cc2c(c(B)c1B)c1c(B)c(B)c(B)c(B)c1n2-c1c(C#N)c(-n2c3c(B)c(B)c(B)c(B)c3c3c(B)c(B)c(B)c(B)c32)c(-n2c3ccccc3c3c2ccc2c4ccccc4n(-c4ccccc4)c23)c(-n2c3c(B)c(B)c(B)c(B)c3c3c(B)c(B)c(B)c(B)c32)c1C#N. The maximum Gasteiger partial charge on any atom is 0.141 e. The molecule has 7 nitrogen and oxygen atoms in total. The van der Waals surface area contributed by atoms with Gasteiger partial charge in [0.2, 0.25) is 0 Å². The molecule has 0 amide bonds. The lowest BCUT2D eigenvalue weighted by atomic mass is 9.63. The molecule has 0 saturated heterocycles. The van der Waals surface area contributed by atoms with Crippen molar-refractivity contribution in [3.8, 4) is 40.6 Å². The number of aromatic nitrogens is 5. The molecule has 0 saturated carbocycles. The van der Waals surface area contributed by atoms with Crippen LogP contribution in [0.1, 0.15) is 11.1 Å². The minimum Gasteiger partial charge on any atom is -0.309 e. The molecule has 0 spiro atoms. The first-order chi connectivity index (χ1) is 46.8. The van der Waals surface area contributed by atoms with Gasteiger partial charge in [0.15, 0.2) is 0 Å². The number of rotatable bonds is 5. The van der Waals surface area contributed by atoms with Crippen LogP contribution in [0.2, 0.25) is 0 Å². The first kappa shape index (κ1) is 63.6. The van der Waals surface area contributed by atoms with E-state index in [4.69, 9.17) is 0 Å². The molecule has 0 bridgehead atoms. The van der Waals surface area contributed by atoms with Gasteiger partial charge in [-0.2, -0.15) is 10.5 Å². The highest BCUT2D eigenvalue weighted by molar-refractivity contribution is 6.75. The molecule has 0 unspecified atom stereocenters. The van der Waals surface area contributed by atoms with Crippen LogP contribution in [0.4, 0.5) is 0 Å². The fourth-order valence-corrected chi connectivity index (χ4v) is 18.3. The highest BCUT2D eigenvalue weighted by atomic mass is 15.1. The second kappa shape index (κ2) is 21.9. The molecule has 0 fully saturated rings. The molecule has 0 aliphatic heterocycles. The van der Waals surface area contributed by atoms with E-state index in [9.17, 15) is 10.5 Å². The molecule has 16 rings (SSSR count). The number of hydrogen-bond acceptors (Lipinski definition) is 2. The molecule has 5 heterocycles. The van der Waals surface area contributed by atoms with Gasteiger partial charge in [-0.25, -0.2) is 0 Å². The first-order valence-electron chi connectivity index (χ1n) is 34.9. The Morgan fingerprint density at radius 3 is 0.990 bits per heavy atom. The molecule has 0 atom stereocenters. The quantitative estimate of drug-likeness (QED) is 0.161. The van der Waals surface area contributed by atoms with Crippen LogP contribution in [0.5, 0.6) is 0 Å². The zero-order chi connectivity index (χ0) is 69.5. The van der Waals surface area contributed by atoms with Gasteiger partial charge in [0, 0.05) is 60.2 Å². The van der Waals surface area contributed by atoms with Crippen molar-refractivity contribution in [2.45, 2.75) is 0 Å². The summed E-state index contributed by atoms with van der Waals surface area (Å²) in [5.74, 6) is 0. The number of benzene rings is 11. The highest BCUT2D eigenvalue weighted by Gasteiger charge is 2.38. The molecule has 98 heavy (non-hydrogen) atoms. The molecule has 16 aromatic rings. The van der Waals surface area contributed by atoms with Crippen molar-refractivity contribution in [3.05, 3.63) is 108 Å². The predicted molar refractivity (Wildman–Crippen MR) is 496 cm³/mol. The van der Waals surface area contributed by atoms with Crippen molar-refractivity contribution in [2.75, 3.05) is 0 Å². The summed E-state index contributed by atoms with van der Waals surface area (Å²) >= 11 is 0. The van der Waals surface area contributed by atoms with Crippen molar-refractivity contribution in [1.82, 2.24) is 22.8 Å². The van der Waals surface area contributed by atoms with Crippen LogP contribution < -0.4 is 126 Å². The Morgan fingerprint density at radius 1 is 0.224 bits per heavy atom. The van der Waals surface area contributed by atoms with Gasteiger partial charge in [-0.1, -0.05) is 154 Å². The number of para-hydroxylation sites is 3. The van der Waals surface area contributed by atoms with Crippen LogP contribution in [0.25, 0.3) is 137 Å². The van der Waals surface area contributed by atoms with Crippen LogP contribution in [-0.2, 0) is 0 Å². The lowest BCUT2D eigenvalue weighted by Gasteiger charge is -2.29. The van der Waals surface area contributed by atoms with E-state index in [0.29, 0.717) is 16.8 Å². The van der Waals surface area contributed by atoms with Gasteiger partial charge in [-0.15, -0.1) is 32.8 Å². The smallest absolute Gasteiger partial charge is 0.141 e. The Balaban J connectivity index is 1.34. The Kier molecular flexibility index (Phi) is 14.2. The van der Waals surface area contributed by atoms with Crippen molar-refractivity contribution >= 4 is 415 Å². The van der Waals surface area contributed by atoms with E-state index in [2.05, 4.69) is 313 Å². The standard InChI is InChI=1S/C68H62B23N7/c69-25-16-29-31(38(71)37(25)70)32-39(72)44(77)49(82)54(87)63(32)96(29)59-23(17-92)61(97-64-33(40(73)45(78)50(83)55(64)88)34-41(74)46(79)51(84)56(89)65(34)97)68(62(24(59)18-93)98-66-35(42(75)47(80)52(85)57(66)90)36-43(76)48(81)53(86)58(91)67(36)98)95-27-13-7-5-11-22(27)30-28(95)15-14-21-20-10-4-6-12-26(20)94(60(21)30)19-8-2-1-3-9-19/h1-16H,69-91H2. The molecular weight excluding hydrogens is 1160 g/mol. The topological polar surface area (TPSA) is 72.2 Å². The maximum atomic E-state index is 13.6. The highest BCUT2D eigenvalue weighted by Crippen LogP contribution is 2.49. The molecule has 0 radical (unpaired) electrons. The Morgan fingerprint density at radius 2 is 0.571 bits per heavy atom. The molecule has 11 aromatic carbocycles. The number of hydrogen-bond donors (Lipinski definition) is 0. The number of fused-ring (bicyclic) bond motifs is 16. The van der Waals surface area contributed by atoms with E-state index in [1.165, 1.54) is 114 Å². The molecule has 0 N–H and O–H groups in total. The zero-order valence-corrected chi connectivity index (χ0v) is 61.4. The van der Waals surface area contributed by atoms with Gasteiger partial charge >= 0.3 is 0 Å². The van der Waals surface area contributed by atoms with Gasteiger partial charge in [0.05, 0.1) is 50.3 Å². The van der Waals surface area contributed by atoms with Gasteiger partial charge in [-0.05, 0) is 63.3 Å². The van der Waals surface area contributed by atoms with Gasteiger partial charge in [0.25, 0.3) is 0 Å². The van der Waals surface area contributed by atoms with Crippen LogP contribution in [-0.4, -0.2) is 203 Å². The molecule has 0 aliphatic carbocycles. The fourth-order valence-electron chi connectivity index (χ4n) is 18.3. The summed E-state index contributed by atoms with van der Waals surface area (Å²) in [4.78, 5) is 0. The third-order valence-electron chi connectivity index (χ3n) is 25.5. The summed E-state index contributed by atoms with van der Waals surface area (Å²) in [6.45, 7) is 0. The van der Waals surface area contributed by atoms with E-state index < -0.39 is 0 Å². The monoisotopic (exact) mass is 1230 g/mol. The molecule has 438 valence electrons. The third kappa shape index (κ3) is 7.84. The van der Waals surface area contributed by atoms with Crippen molar-refractivity contribution in [1.29, 1.82) is 10.5 Å². The third-order valence-corrected chi connectivity index (χ3v) is 25.5. The van der Waals surface area contributed by atoms with Gasteiger partial charge < -0.3 is 22.8 Å². The molecule has 5 aromatic heterocycles. The Labute approximate surface area is 593 Å². The van der Waals surface area contributed by atoms with Crippen LogP contribution in [0.3, 0.4) is 0 Å². The van der Waals surface area contributed by atoms with E-state index in [-0.39, 0.29) is 0 Å².